The first-order valence-corrected chi connectivity index (χ1v) is 5.86. The summed E-state index contributed by atoms with van der Waals surface area (Å²) in [7, 11) is 0. The van der Waals surface area contributed by atoms with Crippen molar-refractivity contribution < 1.29 is 4.79 Å². The Morgan fingerprint density at radius 2 is 2.12 bits per heavy atom. The van der Waals surface area contributed by atoms with Gasteiger partial charge in [-0.3, -0.25) is 9.78 Å². The Hall–Kier alpha value is -1.46. The maximum Gasteiger partial charge on any atom is 0.258 e. The third-order valence-electron chi connectivity index (χ3n) is 2.00. The fourth-order valence-electron chi connectivity index (χ4n) is 1.19. The first kappa shape index (κ1) is 12.0. The van der Waals surface area contributed by atoms with Crippen LogP contribution in [0.5, 0.6) is 0 Å². The van der Waals surface area contributed by atoms with Crippen molar-refractivity contribution in [1.29, 1.82) is 0 Å². The molecule has 0 aromatic carbocycles. The summed E-state index contributed by atoms with van der Waals surface area (Å²) in [4.78, 5) is 19.7. The van der Waals surface area contributed by atoms with Crippen molar-refractivity contribution >= 4 is 39.1 Å². The molecule has 0 spiro atoms. The van der Waals surface area contributed by atoms with Crippen molar-refractivity contribution in [3.63, 3.8) is 0 Å². The Labute approximate surface area is 111 Å². The van der Waals surface area contributed by atoms with Gasteiger partial charge < -0.3 is 5.32 Å². The Kier molecular flexibility index (Phi) is 3.71. The molecule has 4 nitrogen and oxygen atoms in total. The second-order valence-corrected chi connectivity index (χ2v) is 4.40. The molecule has 0 saturated heterocycles. The number of anilines is 1. The number of rotatable bonds is 2. The van der Waals surface area contributed by atoms with Crippen LogP contribution in [-0.4, -0.2) is 15.9 Å². The SMILES string of the molecule is O=C(Nc1ccc(Br)nc1)c1cnccc1Cl. The Morgan fingerprint density at radius 3 is 2.76 bits per heavy atom. The molecule has 6 heteroatoms. The van der Waals surface area contributed by atoms with Crippen LogP contribution in [0.3, 0.4) is 0 Å². The molecule has 0 bridgehead atoms. The van der Waals surface area contributed by atoms with Gasteiger partial charge in [-0.2, -0.15) is 0 Å². The fourth-order valence-corrected chi connectivity index (χ4v) is 1.62. The Balaban J connectivity index is 2.17. The molecule has 2 aromatic heterocycles. The normalized spacial score (nSPS) is 10.0. The van der Waals surface area contributed by atoms with Crippen molar-refractivity contribution in [2.45, 2.75) is 0 Å². The number of amides is 1. The molecule has 2 aromatic rings. The summed E-state index contributed by atoms with van der Waals surface area (Å²) in [5, 5.41) is 3.04. The average molecular weight is 313 g/mol. The van der Waals surface area contributed by atoms with Gasteiger partial charge in [-0.25, -0.2) is 4.98 Å². The number of hydrogen-bond acceptors (Lipinski definition) is 3. The van der Waals surface area contributed by atoms with E-state index >= 15 is 0 Å². The van der Waals surface area contributed by atoms with E-state index < -0.39 is 0 Å². The molecule has 1 N–H and O–H groups in total. The van der Waals surface area contributed by atoms with Crippen LogP contribution in [0.25, 0.3) is 0 Å². The molecular weight excluding hydrogens is 305 g/mol. The molecule has 0 atom stereocenters. The predicted octanol–water partition coefficient (Wildman–Crippen LogP) is 3.14. The van der Waals surface area contributed by atoms with Gasteiger partial charge in [0.15, 0.2) is 0 Å². The molecule has 0 aliphatic heterocycles. The molecule has 0 aliphatic carbocycles. The number of carbonyl (C=O) groups excluding carboxylic acids is 1. The lowest BCUT2D eigenvalue weighted by molar-refractivity contribution is 0.102. The van der Waals surface area contributed by atoms with Gasteiger partial charge in [0.05, 0.1) is 22.5 Å². The van der Waals surface area contributed by atoms with E-state index in [-0.39, 0.29) is 5.91 Å². The van der Waals surface area contributed by atoms with Crippen molar-refractivity contribution in [1.82, 2.24) is 9.97 Å². The zero-order valence-corrected chi connectivity index (χ0v) is 10.9. The largest absolute Gasteiger partial charge is 0.320 e. The zero-order chi connectivity index (χ0) is 12.3. The number of pyridine rings is 2. The smallest absolute Gasteiger partial charge is 0.258 e. The van der Waals surface area contributed by atoms with Crippen molar-refractivity contribution in [3.05, 3.63) is 52.0 Å². The summed E-state index contributed by atoms with van der Waals surface area (Å²) < 4.78 is 0.704. The molecule has 0 aliphatic rings. The minimum Gasteiger partial charge on any atom is -0.320 e. The lowest BCUT2D eigenvalue weighted by atomic mass is 10.2. The maximum atomic E-state index is 11.8. The lowest BCUT2D eigenvalue weighted by Crippen LogP contribution is -2.12. The van der Waals surface area contributed by atoms with Gasteiger partial charge in [0.25, 0.3) is 5.91 Å². The molecule has 0 unspecified atom stereocenters. The van der Waals surface area contributed by atoms with Crippen LogP contribution in [-0.2, 0) is 0 Å². The standard InChI is InChI=1S/C11H7BrClN3O/c12-10-2-1-7(5-15-10)16-11(17)8-6-14-4-3-9(8)13/h1-6H,(H,16,17). The molecular formula is C11H7BrClN3O. The molecule has 2 rings (SSSR count). The van der Waals surface area contributed by atoms with Gasteiger partial charge in [-0.05, 0) is 34.1 Å². The molecule has 86 valence electrons. The summed E-state index contributed by atoms with van der Waals surface area (Å²) in [5.41, 5.74) is 0.926. The van der Waals surface area contributed by atoms with Crippen LogP contribution >= 0.6 is 27.5 Å². The summed E-state index contributed by atoms with van der Waals surface area (Å²) >= 11 is 9.10. The van der Waals surface area contributed by atoms with Gasteiger partial charge in [0.1, 0.15) is 4.60 Å². The number of nitrogens with one attached hydrogen (secondary N) is 1. The topological polar surface area (TPSA) is 54.9 Å². The monoisotopic (exact) mass is 311 g/mol. The molecule has 0 saturated carbocycles. The minimum absolute atomic E-state index is 0.313. The lowest BCUT2D eigenvalue weighted by Gasteiger charge is -2.05. The van der Waals surface area contributed by atoms with Crippen molar-refractivity contribution in [3.8, 4) is 0 Å². The average Bonchev–Trinajstić information content (AvgIpc) is 2.32. The second-order valence-electron chi connectivity index (χ2n) is 3.18. The van der Waals surface area contributed by atoms with Crippen molar-refractivity contribution in [2.24, 2.45) is 0 Å². The summed E-state index contributed by atoms with van der Waals surface area (Å²) in [6.07, 6.45) is 4.50. The molecule has 2 heterocycles. The van der Waals surface area contributed by atoms with Crippen molar-refractivity contribution in [2.75, 3.05) is 5.32 Å². The number of nitrogens with zero attached hydrogens (tertiary/aromatic N) is 2. The van der Waals surface area contributed by atoms with Crippen LogP contribution in [0.1, 0.15) is 10.4 Å². The third-order valence-corrected chi connectivity index (χ3v) is 2.80. The van der Waals surface area contributed by atoms with Crippen LogP contribution in [0.4, 0.5) is 5.69 Å². The number of hydrogen-bond donors (Lipinski definition) is 1. The number of aromatic nitrogens is 2. The molecule has 1 amide bonds. The Bertz CT molecular complexity index is 545. The van der Waals surface area contributed by atoms with E-state index in [0.717, 1.165) is 0 Å². The first-order chi connectivity index (χ1) is 8.16. The highest BCUT2D eigenvalue weighted by Crippen LogP contribution is 2.16. The molecule has 0 fully saturated rings. The minimum atomic E-state index is -0.313. The summed E-state index contributed by atoms with van der Waals surface area (Å²) in [6, 6.07) is 5.04. The second kappa shape index (κ2) is 5.25. The number of halogens is 2. The van der Waals surface area contributed by atoms with E-state index in [1.165, 1.54) is 12.4 Å². The first-order valence-electron chi connectivity index (χ1n) is 4.69. The highest BCUT2D eigenvalue weighted by atomic mass is 79.9. The van der Waals surface area contributed by atoms with Gasteiger partial charge in [0, 0.05) is 12.4 Å². The van der Waals surface area contributed by atoms with Gasteiger partial charge in [-0.1, -0.05) is 11.6 Å². The van der Waals surface area contributed by atoms with Crippen LogP contribution in [0.15, 0.2) is 41.4 Å². The van der Waals surface area contributed by atoms with Gasteiger partial charge in [0.2, 0.25) is 0 Å². The van der Waals surface area contributed by atoms with E-state index in [4.69, 9.17) is 11.6 Å². The Morgan fingerprint density at radius 1 is 1.29 bits per heavy atom. The van der Waals surface area contributed by atoms with Crippen LogP contribution in [0, 0.1) is 0 Å². The van der Waals surface area contributed by atoms with Crippen LogP contribution < -0.4 is 5.32 Å². The van der Waals surface area contributed by atoms with E-state index in [1.54, 1.807) is 24.4 Å². The van der Waals surface area contributed by atoms with Gasteiger partial charge in [-0.15, -0.1) is 0 Å². The summed E-state index contributed by atoms with van der Waals surface area (Å²) in [5.74, 6) is -0.313. The van der Waals surface area contributed by atoms with E-state index in [1.807, 2.05) is 0 Å². The maximum absolute atomic E-state index is 11.8. The van der Waals surface area contributed by atoms with Crippen LogP contribution in [0.2, 0.25) is 5.02 Å². The zero-order valence-electron chi connectivity index (χ0n) is 8.52. The molecule has 0 radical (unpaired) electrons. The van der Waals surface area contributed by atoms with E-state index in [9.17, 15) is 4.79 Å². The highest BCUT2D eigenvalue weighted by Gasteiger charge is 2.10. The number of carbonyl (C=O) groups is 1. The van der Waals surface area contributed by atoms with Gasteiger partial charge >= 0.3 is 0 Å². The highest BCUT2D eigenvalue weighted by molar-refractivity contribution is 9.10. The fraction of sp³-hybridized carbons (Fsp3) is 0. The predicted molar refractivity (Wildman–Crippen MR) is 69.1 cm³/mol. The van der Waals surface area contributed by atoms with E-state index in [0.29, 0.717) is 20.9 Å². The quantitative estimate of drug-likeness (QED) is 0.867. The molecule has 17 heavy (non-hydrogen) atoms. The summed E-state index contributed by atoms with van der Waals surface area (Å²) in [6.45, 7) is 0. The third kappa shape index (κ3) is 3.01. The van der Waals surface area contributed by atoms with E-state index in [2.05, 4.69) is 31.2 Å².